The summed E-state index contributed by atoms with van der Waals surface area (Å²) in [4.78, 5) is 45.0. The molecule has 2 fully saturated rings. The number of ether oxygens (including phenoxy) is 1. The average molecular weight is 501 g/mol. The van der Waals surface area contributed by atoms with Crippen LogP contribution >= 0.6 is 11.3 Å². The van der Waals surface area contributed by atoms with E-state index in [2.05, 4.69) is 25.7 Å². The topological polar surface area (TPSA) is 66.9 Å². The van der Waals surface area contributed by atoms with Crippen LogP contribution in [0, 0.1) is 29.1 Å². The molecule has 0 spiro atoms. The Morgan fingerprint density at radius 3 is 2.49 bits per heavy atom. The third-order valence-electron chi connectivity index (χ3n) is 6.81. The predicted octanol–water partition coefficient (Wildman–Crippen LogP) is 5.49. The van der Waals surface area contributed by atoms with Gasteiger partial charge in [-0.2, -0.15) is 0 Å². The molecule has 1 aliphatic heterocycles. The Labute approximate surface area is 214 Å². The van der Waals surface area contributed by atoms with E-state index in [0.29, 0.717) is 40.9 Å². The van der Waals surface area contributed by atoms with Gasteiger partial charge >= 0.3 is 5.97 Å². The van der Waals surface area contributed by atoms with Gasteiger partial charge in [0.2, 0.25) is 11.8 Å². The van der Waals surface area contributed by atoms with Crippen LogP contribution in [0.25, 0.3) is 0 Å². The first-order chi connectivity index (χ1) is 16.6. The molecule has 192 valence electrons. The first-order valence-corrected chi connectivity index (χ1v) is 13.7. The molecule has 1 aromatic rings. The van der Waals surface area contributed by atoms with Crippen LogP contribution in [0.2, 0.25) is 0 Å². The lowest BCUT2D eigenvalue weighted by Crippen LogP contribution is -2.56. The van der Waals surface area contributed by atoms with Crippen molar-refractivity contribution in [2.75, 3.05) is 25.1 Å². The van der Waals surface area contributed by atoms with E-state index >= 15 is 0 Å². The molecule has 1 aliphatic carbocycles. The van der Waals surface area contributed by atoms with Crippen molar-refractivity contribution in [3.63, 3.8) is 0 Å². The van der Waals surface area contributed by atoms with E-state index in [1.54, 1.807) is 4.90 Å². The van der Waals surface area contributed by atoms with E-state index < -0.39 is 12.0 Å². The van der Waals surface area contributed by atoms with Crippen LogP contribution in [-0.2, 0) is 14.3 Å². The Balaban J connectivity index is 2.09. The second-order valence-electron chi connectivity index (χ2n) is 11.0. The molecule has 0 aromatic carbocycles. The molecule has 3 rings (SSSR count). The lowest BCUT2D eigenvalue weighted by molar-refractivity contribution is -0.137. The summed E-state index contributed by atoms with van der Waals surface area (Å²) in [5.74, 6) is 6.27. The fourth-order valence-electron chi connectivity index (χ4n) is 4.91. The third kappa shape index (κ3) is 6.67. The number of piperidine rings is 1. The van der Waals surface area contributed by atoms with Gasteiger partial charge in [0, 0.05) is 24.4 Å². The zero-order valence-electron chi connectivity index (χ0n) is 22.1. The minimum absolute atomic E-state index is 0.0278. The van der Waals surface area contributed by atoms with Gasteiger partial charge in [-0.3, -0.25) is 14.5 Å². The maximum Gasteiger partial charge on any atom is 0.350 e. The van der Waals surface area contributed by atoms with Crippen LogP contribution in [-0.4, -0.2) is 48.9 Å². The highest BCUT2D eigenvalue weighted by Crippen LogP contribution is 2.38. The predicted molar refractivity (Wildman–Crippen MR) is 140 cm³/mol. The Morgan fingerprint density at radius 1 is 1.20 bits per heavy atom. The number of likely N-dealkylation sites (tertiary alicyclic amines) is 1. The molecule has 1 saturated heterocycles. The van der Waals surface area contributed by atoms with Gasteiger partial charge in [0.1, 0.15) is 10.9 Å². The van der Waals surface area contributed by atoms with Crippen LogP contribution in [0.15, 0.2) is 6.07 Å². The molecule has 7 heteroatoms. The Morgan fingerprint density at radius 2 is 1.89 bits per heavy atom. The van der Waals surface area contributed by atoms with Crippen molar-refractivity contribution in [1.82, 2.24) is 4.90 Å². The summed E-state index contributed by atoms with van der Waals surface area (Å²) >= 11 is 1.24. The zero-order chi connectivity index (χ0) is 25.8. The molecular formula is C28H40N2O4S. The second kappa shape index (κ2) is 11.6. The van der Waals surface area contributed by atoms with Gasteiger partial charge in [0.25, 0.3) is 0 Å². The van der Waals surface area contributed by atoms with Crippen LogP contribution in [0.1, 0.15) is 94.1 Å². The number of amides is 2. The van der Waals surface area contributed by atoms with Crippen molar-refractivity contribution in [2.45, 2.75) is 85.6 Å². The van der Waals surface area contributed by atoms with E-state index in [1.807, 2.05) is 31.7 Å². The highest BCUT2D eigenvalue weighted by Gasteiger charge is 2.41. The van der Waals surface area contributed by atoms with Crippen molar-refractivity contribution < 1.29 is 19.1 Å². The number of methoxy groups -OCH3 is 1. The lowest BCUT2D eigenvalue weighted by atomic mass is 9.82. The largest absolute Gasteiger partial charge is 0.465 e. The smallest absolute Gasteiger partial charge is 0.350 e. The Bertz CT molecular complexity index is 987. The number of rotatable bonds is 6. The van der Waals surface area contributed by atoms with Crippen molar-refractivity contribution in [3.05, 3.63) is 15.8 Å². The molecule has 1 saturated carbocycles. The van der Waals surface area contributed by atoms with Gasteiger partial charge in [-0.15, -0.1) is 11.3 Å². The highest BCUT2D eigenvalue weighted by molar-refractivity contribution is 7.15. The fourth-order valence-corrected chi connectivity index (χ4v) is 5.83. The SMILES string of the molecule is CCCN1CCC[C@H](N(C(=O)C2CCC(C)CC2)c2cc(C#CC(C)(C)C)sc2C(=O)OC)C1=O. The zero-order valence-corrected chi connectivity index (χ0v) is 22.9. The van der Waals surface area contributed by atoms with E-state index in [9.17, 15) is 14.4 Å². The molecule has 6 nitrogen and oxygen atoms in total. The summed E-state index contributed by atoms with van der Waals surface area (Å²) in [6, 6.07) is 1.20. The first-order valence-electron chi connectivity index (χ1n) is 12.9. The number of anilines is 1. The van der Waals surface area contributed by atoms with E-state index in [4.69, 9.17) is 4.74 Å². The lowest BCUT2D eigenvalue weighted by Gasteiger charge is -2.40. The molecule has 2 aliphatic rings. The first kappa shape index (κ1) is 27.3. The quantitative estimate of drug-likeness (QED) is 0.383. The molecule has 35 heavy (non-hydrogen) atoms. The number of thiophene rings is 1. The monoisotopic (exact) mass is 500 g/mol. The minimum atomic E-state index is -0.608. The summed E-state index contributed by atoms with van der Waals surface area (Å²) < 4.78 is 5.09. The van der Waals surface area contributed by atoms with Crippen molar-refractivity contribution in [1.29, 1.82) is 0 Å². The van der Waals surface area contributed by atoms with Gasteiger partial charge in [-0.05, 0) is 77.7 Å². The van der Waals surface area contributed by atoms with E-state index in [-0.39, 0.29) is 23.1 Å². The number of esters is 1. The van der Waals surface area contributed by atoms with Crippen LogP contribution in [0.4, 0.5) is 5.69 Å². The average Bonchev–Trinajstić information content (AvgIpc) is 3.23. The van der Waals surface area contributed by atoms with Gasteiger partial charge in [0.15, 0.2) is 0 Å². The standard InChI is InChI=1S/C28H40N2O4S/c1-7-16-29-17-8-9-22(26(29)32)30(25(31)20-12-10-19(2)11-13-20)23-18-21(14-15-28(3,4)5)35-24(23)27(33)34-6/h18-20,22H,7-13,16-17H2,1-6H3/t19?,20?,22-/m0/s1. The minimum Gasteiger partial charge on any atom is -0.465 e. The summed E-state index contributed by atoms with van der Waals surface area (Å²) in [6.45, 7) is 11.7. The van der Waals surface area contributed by atoms with Crippen LogP contribution in [0.3, 0.4) is 0 Å². The fraction of sp³-hybridized carbons (Fsp3) is 0.679. The highest BCUT2D eigenvalue weighted by atomic mass is 32.1. The third-order valence-corrected chi connectivity index (χ3v) is 7.83. The van der Waals surface area contributed by atoms with E-state index in [0.717, 1.165) is 38.5 Å². The molecule has 0 unspecified atom stereocenters. The molecule has 2 heterocycles. The van der Waals surface area contributed by atoms with Gasteiger partial charge < -0.3 is 9.64 Å². The van der Waals surface area contributed by atoms with E-state index in [1.165, 1.54) is 18.4 Å². The van der Waals surface area contributed by atoms with Crippen LogP contribution in [0.5, 0.6) is 0 Å². The normalized spacial score (nSPS) is 22.9. The molecule has 2 amide bonds. The summed E-state index contributed by atoms with van der Waals surface area (Å²) in [6.07, 6.45) is 5.91. The van der Waals surface area contributed by atoms with Gasteiger partial charge in [-0.1, -0.05) is 25.7 Å². The number of hydrogen-bond acceptors (Lipinski definition) is 5. The molecule has 1 atom stereocenters. The van der Waals surface area contributed by atoms with Crippen molar-refractivity contribution in [3.8, 4) is 11.8 Å². The summed E-state index contributed by atoms with van der Waals surface area (Å²) in [5.41, 5.74) is 0.268. The molecule has 0 bridgehead atoms. The molecule has 0 radical (unpaired) electrons. The van der Waals surface area contributed by atoms with Gasteiger partial charge in [0.05, 0.1) is 17.7 Å². The van der Waals surface area contributed by atoms with Crippen LogP contribution < -0.4 is 4.90 Å². The second-order valence-corrected chi connectivity index (χ2v) is 12.0. The number of carbonyl (C=O) groups excluding carboxylic acids is 3. The number of carbonyl (C=O) groups is 3. The van der Waals surface area contributed by atoms with Crippen molar-refractivity contribution in [2.24, 2.45) is 17.3 Å². The number of nitrogens with zero attached hydrogens (tertiary/aromatic N) is 2. The maximum atomic E-state index is 14.1. The molecule has 0 N–H and O–H groups in total. The van der Waals surface area contributed by atoms with Crippen molar-refractivity contribution >= 4 is 34.8 Å². The van der Waals surface area contributed by atoms with Gasteiger partial charge in [-0.25, -0.2) is 4.79 Å². The molecular weight excluding hydrogens is 460 g/mol. The summed E-state index contributed by atoms with van der Waals surface area (Å²) in [5, 5.41) is 0. The maximum absolute atomic E-state index is 14.1. The Hall–Kier alpha value is -2.33. The summed E-state index contributed by atoms with van der Waals surface area (Å²) in [7, 11) is 1.34. The number of hydrogen-bond donors (Lipinski definition) is 0. The Kier molecular flexibility index (Phi) is 9.04. The molecule has 1 aromatic heterocycles.